The van der Waals surface area contributed by atoms with Gasteiger partial charge in [0, 0.05) is 17.8 Å². The van der Waals surface area contributed by atoms with Crippen molar-refractivity contribution in [1.29, 1.82) is 0 Å². The zero-order valence-electron chi connectivity index (χ0n) is 12.5. The van der Waals surface area contributed by atoms with E-state index in [-0.39, 0.29) is 16.9 Å². The Balaban J connectivity index is 2.07. The van der Waals surface area contributed by atoms with E-state index in [2.05, 4.69) is 4.98 Å². The van der Waals surface area contributed by atoms with E-state index in [1.165, 1.54) is 0 Å². The lowest BCUT2D eigenvalue weighted by molar-refractivity contribution is -0.153. The van der Waals surface area contributed by atoms with E-state index >= 15 is 0 Å². The second-order valence-electron chi connectivity index (χ2n) is 6.72. The van der Waals surface area contributed by atoms with Gasteiger partial charge in [0.25, 0.3) is 0 Å². The fourth-order valence-electron chi connectivity index (χ4n) is 2.51. The van der Waals surface area contributed by atoms with Gasteiger partial charge in [0.1, 0.15) is 6.10 Å². The van der Waals surface area contributed by atoms with Crippen molar-refractivity contribution in [2.45, 2.75) is 70.3 Å². The Labute approximate surface area is 126 Å². The topological polar surface area (TPSA) is 47.3 Å². The summed E-state index contributed by atoms with van der Waals surface area (Å²) in [5.74, 6) is 0. The van der Waals surface area contributed by atoms with Gasteiger partial charge < -0.3 is 14.4 Å². The predicted octanol–water partition coefficient (Wildman–Crippen LogP) is 3.36. The molecule has 0 aliphatic heterocycles. The Morgan fingerprint density at radius 1 is 1.30 bits per heavy atom. The van der Waals surface area contributed by atoms with Crippen LogP contribution in [0.25, 0.3) is 0 Å². The summed E-state index contributed by atoms with van der Waals surface area (Å²) in [4.78, 5) is 4.06. The van der Waals surface area contributed by atoms with Gasteiger partial charge in [-0.3, -0.25) is 0 Å². The smallest absolute Gasteiger partial charge is 0.161 e. The number of ether oxygens (including phenoxy) is 1. The molecule has 1 heterocycles. The second-order valence-corrected chi connectivity index (χ2v) is 7.34. The zero-order chi connectivity index (χ0) is 14.8. The van der Waals surface area contributed by atoms with Crippen LogP contribution in [0.5, 0.6) is 0 Å². The summed E-state index contributed by atoms with van der Waals surface area (Å²) in [6.07, 6.45) is 8.30. The fraction of sp³-hybridized carbons (Fsp3) is 0.800. The average Bonchev–Trinajstić information content (AvgIpc) is 2.90. The second kappa shape index (κ2) is 6.46. The molecule has 0 saturated heterocycles. The Bertz CT molecular complexity index is 395. The monoisotopic (exact) mass is 300 g/mol. The molecule has 1 aromatic heterocycles. The molecule has 1 saturated carbocycles. The molecule has 0 spiro atoms. The first-order valence-electron chi connectivity index (χ1n) is 7.33. The molecular weight excluding hydrogens is 276 g/mol. The van der Waals surface area contributed by atoms with Crippen LogP contribution in [0.3, 0.4) is 0 Å². The van der Waals surface area contributed by atoms with Crippen molar-refractivity contribution >= 4 is 11.6 Å². The minimum Gasteiger partial charge on any atom is -0.388 e. The SMILES string of the molecule is CC(C)(C)C(O)C(OC1CCC(Cl)CC1)n1ccnc1. The van der Waals surface area contributed by atoms with E-state index in [0.29, 0.717) is 0 Å². The quantitative estimate of drug-likeness (QED) is 0.867. The van der Waals surface area contributed by atoms with Gasteiger partial charge in [-0.05, 0) is 31.1 Å². The minimum atomic E-state index is -0.592. The van der Waals surface area contributed by atoms with Crippen LogP contribution in [0, 0.1) is 5.41 Å². The maximum absolute atomic E-state index is 10.6. The van der Waals surface area contributed by atoms with Crippen molar-refractivity contribution in [1.82, 2.24) is 9.55 Å². The number of aliphatic hydroxyl groups is 1. The van der Waals surface area contributed by atoms with Gasteiger partial charge in [-0.15, -0.1) is 11.6 Å². The number of hydrogen-bond acceptors (Lipinski definition) is 3. The third kappa shape index (κ3) is 3.96. The van der Waals surface area contributed by atoms with E-state index in [4.69, 9.17) is 16.3 Å². The normalized spacial score (nSPS) is 27.2. The number of aliphatic hydroxyl groups excluding tert-OH is 1. The van der Waals surface area contributed by atoms with Crippen LogP contribution in [-0.4, -0.2) is 32.2 Å². The van der Waals surface area contributed by atoms with Gasteiger partial charge in [0.2, 0.25) is 0 Å². The standard InChI is InChI=1S/C15H25ClN2O2/c1-15(2,3)13(19)14(18-9-8-17-10-18)20-12-6-4-11(16)5-7-12/h8-14,19H,4-7H2,1-3H3. The van der Waals surface area contributed by atoms with E-state index in [1.54, 1.807) is 12.5 Å². The molecule has 1 aromatic rings. The Hall–Kier alpha value is -0.580. The number of rotatable bonds is 4. The number of hydrogen-bond donors (Lipinski definition) is 1. The molecule has 0 aromatic carbocycles. The molecule has 1 fully saturated rings. The van der Waals surface area contributed by atoms with E-state index in [9.17, 15) is 5.11 Å². The molecule has 1 aliphatic carbocycles. The summed E-state index contributed by atoms with van der Waals surface area (Å²) in [5.41, 5.74) is -0.251. The highest BCUT2D eigenvalue weighted by Crippen LogP contribution is 2.33. The Morgan fingerprint density at radius 2 is 1.95 bits per heavy atom. The number of imidazole rings is 1. The largest absolute Gasteiger partial charge is 0.388 e. The van der Waals surface area contributed by atoms with Gasteiger partial charge in [-0.1, -0.05) is 20.8 Å². The summed E-state index contributed by atoms with van der Waals surface area (Å²) in [6, 6.07) is 0. The highest BCUT2D eigenvalue weighted by molar-refractivity contribution is 6.20. The summed E-state index contributed by atoms with van der Waals surface area (Å²) < 4.78 is 8.04. The molecule has 20 heavy (non-hydrogen) atoms. The van der Waals surface area contributed by atoms with Crippen molar-refractivity contribution in [3.63, 3.8) is 0 Å². The van der Waals surface area contributed by atoms with Gasteiger partial charge in [0.05, 0.1) is 12.4 Å². The number of alkyl halides is 1. The van der Waals surface area contributed by atoms with E-state index < -0.39 is 12.3 Å². The van der Waals surface area contributed by atoms with Crippen LogP contribution in [-0.2, 0) is 4.74 Å². The van der Waals surface area contributed by atoms with Gasteiger partial charge in [0.15, 0.2) is 6.23 Å². The van der Waals surface area contributed by atoms with Crippen LogP contribution in [0.15, 0.2) is 18.7 Å². The molecule has 114 valence electrons. The molecule has 2 unspecified atom stereocenters. The number of aromatic nitrogens is 2. The fourth-order valence-corrected chi connectivity index (χ4v) is 2.76. The van der Waals surface area contributed by atoms with Crippen molar-refractivity contribution < 1.29 is 9.84 Å². The molecule has 2 rings (SSSR count). The number of halogens is 1. The highest BCUT2D eigenvalue weighted by Gasteiger charge is 2.34. The van der Waals surface area contributed by atoms with Gasteiger partial charge in [-0.25, -0.2) is 4.98 Å². The number of nitrogens with zero attached hydrogens (tertiary/aromatic N) is 2. The van der Waals surface area contributed by atoms with Crippen molar-refractivity contribution in [3.05, 3.63) is 18.7 Å². The summed E-state index contributed by atoms with van der Waals surface area (Å²) in [6.45, 7) is 6.04. The molecule has 0 bridgehead atoms. The van der Waals surface area contributed by atoms with Crippen molar-refractivity contribution in [2.24, 2.45) is 5.41 Å². The van der Waals surface area contributed by atoms with Crippen molar-refractivity contribution in [2.75, 3.05) is 0 Å². The first-order valence-corrected chi connectivity index (χ1v) is 7.76. The third-order valence-corrected chi connectivity index (χ3v) is 4.35. The molecule has 0 radical (unpaired) electrons. The summed E-state index contributed by atoms with van der Waals surface area (Å²) in [5, 5.41) is 10.9. The lowest BCUT2D eigenvalue weighted by Crippen LogP contribution is -2.39. The first kappa shape index (κ1) is 15.8. The lowest BCUT2D eigenvalue weighted by atomic mass is 9.87. The van der Waals surface area contributed by atoms with Gasteiger partial charge in [-0.2, -0.15) is 0 Å². The minimum absolute atomic E-state index is 0.161. The Morgan fingerprint density at radius 3 is 2.45 bits per heavy atom. The van der Waals surface area contributed by atoms with E-state index in [1.807, 2.05) is 31.5 Å². The van der Waals surface area contributed by atoms with Crippen molar-refractivity contribution in [3.8, 4) is 0 Å². The maximum atomic E-state index is 10.6. The molecule has 1 aliphatic rings. The highest BCUT2D eigenvalue weighted by atomic mass is 35.5. The van der Waals surface area contributed by atoms with Crippen LogP contribution in [0.4, 0.5) is 0 Å². The molecular formula is C15H25ClN2O2. The lowest BCUT2D eigenvalue weighted by Gasteiger charge is -2.37. The maximum Gasteiger partial charge on any atom is 0.161 e. The first-order chi connectivity index (χ1) is 9.38. The zero-order valence-corrected chi connectivity index (χ0v) is 13.3. The van der Waals surface area contributed by atoms with Crippen LogP contribution in [0.2, 0.25) is 0 Å². The van der Waals surface area contributed by atoms with Gasteiger partial charge >= 0.3 is 0 Å². The predicted molar refractivity (Wildman–Crippen MR) is 79.7 cm³/mol. The molecule has 2 atom stereocenters. The Kier molecular flexibility index (Phi) is 5.10. The van der Waals surface area contributed by atoms with Crippen LogP contribution in [0.1, 0.15) is 52.7 Å². The third-order valence-electron chi connectivity index (χ3n) is 3.91. The van der Waals surface area contributed by atoms with Crippen LogP contribution >= 0.6 is 11.6 Å². The molecule has 1 N–H and O–H groups in total. The summed E-state index contributed by atoms with van der Waals surface area (Å²) >= 11 is 6.13. The average molecular weight is 301 g/mol. The molecule has 4 nitrogen and oxygen atoms in total. The van der Waals surface area contributed by atoms with Crippen LogP contribution < -0.4 is 0 Å². The molecule has 0 amide bonds. The molecule has 5 heteroatoms. The van der Waals surface area contributed by atoms with E-state index in [0.717, 1.165) is 25.7 Å². The summed E-state index contributed by atoms with van der Waals surface area (Å²) in [7, 11) is 0.